The van der Waals surface area contributed by atoms with E-state index in [-0.39, 0.29) is 12.2 Å². The van der Waals surface area contributed by atoms with Crippen molar-refractivity contribution in [2.75, 3.05) is 11.9 Å². The molecule has 142 valence electrons. The van der Waals surface area contributed by atoms with Gasteiger partial charge in [-0.2, -0.15) is 0 Å². The van der Waals surface area contributed by atoms with E-state index >= 15 is 0 Å². The molecule has 0 spiro atoms. The molecule has 0 radical (unpaired) electrons. The lowest BCUT2D eigenvalue weighted by molar-refractivity contribution is -0.123. The largest absolute Gasteiger partial charge is 0.484 e. The van der Waals surface area contributed by atoms with E-state index in [1.165, 1.54) is 31.2 Å². The maximum absolute atomic E-state index is 12.3. The van der Waals surface area contributed by atoms with E-state index < -0.39 is 23.9 Å². The molecule has 0 aliphatic heterocycles. The summed E-state index contributed by atoms with van der Waals surface area (Å²) in [4.78, 5) is 35.1. The number of carbonyl (C=O) groups excluding carboxylic acids is 3. The fourth-order valence-corrected chi connectivity index (χ4v) is 2.26. The van der Waals surface area contributed by atoms with Crippen molar-refractivity contribution in [1.82, 2.24) is 0 Å². The first-order chi connectivity index (χ1) is 12.8. The van der Waals surface area contributed by atoms with E-state index in [1.54, 1.807) is 18.2 Å². The number of nitrogens with one attached hydrogen (secondary N) is 1. The van der Waals surface area contributed by atoms with Crippen molar-refractivity contribution in [1.29, 1.82) is 0 Å². The van der Waals surface area contributed by atoms with Crippen LogP contribution in [-0.2, 0) is 14.3 Å². The van der Waals surface area contributed by atoms with Crippen LogP contribution in [0.4, 0.5) is 5.69 Å². The van der Waals surface area contributed by atoms with Crippen molar-refractivity contribution in [2.45, 2.75) is 20.0 Å². The normalized spacial score (nSPS) is 11.4. The van der Waals surface area contributed by atoms with Crippen molar-refractivity contribution < 1.29 is 23.9 Å². The summed E-state index contributed by atoms with van der Waals surface area (Å²) in [6.45, 7) is 3.03. The van der Waals surface area contributed by atoms with Gasteiger partial charge < -0.3 is 20.5 Å². The highest BCUT2D eigenvalue weighted by molar-refractivity contribution is 6.31. The van der Waals surface area contributed by atoms with E-state index in [0.717, 1.165) is 5.56 Å². The van der Waals surface area contributed by atoms with Crippen LogP contribution < -0.4 is 15.8 Å². The molecule has 2 aromatic rings. The third-order valence-corrected chi connectivity index (χ3v) is 3.82. The molecule has 0 aliphatic rings. The van der Waals surface area contributed by atoms with E-state index in [1.807, 2.05) is 6.92 Å². The molecule has 0 heterocycles. The van der Waals surface area contributed by atoms with Gasteiger partial charge in [0.2, 0.25) is 0 Å². The first kappa shape index (κ1) is 20.3. The lowest BCUT2D eigenvalue weighted by atomic mass is 10.2. The molecule has 2 aromatic carbocycles. The molecular weight excluding hydrogens is 372 g/mol. The molecule has 0 fully saturated rings. The standard InChI is InChI=1S/C19H19ClN2O5/c1-11-3-6-14(20)9-16(11)22-18(24)12(2)27-19(25)13-4-7-15(8-5-13)26-10-17(21)23/h3-9,12H,10H2,1-2H3,(H2,21,23)(H,22,24)/t12-/m0/s1. The van der Waals surface area contributed by atoms with Crippen LogP contribution in [0.2, 0.25) is 5.02 Å². The number of aryl methyl sites for hydroxylation is 1. The molecule has 8 heteroatoms. The minimum Gasteiger partial charge on any atom is -0.484 e. The Labute approximate surface area is 161 Å². The Morgan fingerprint density at radius 3 is 2.44 bits per heavy atom. The number of amides is 2. The number of rotatable bonds is 7. The summed E-state index contributed by atoms with van der Waals surface area (Å²) in [5.41, 5.74) is 6.61. The SMILES string of the molecule is Cc1ccc(Cl)cc1NC(=O)[C@H](C)OC(=O)c1ccc(OCC(N)=O)cc1. The maximum Gasteiger partial charge on any atom is 0.338 e. The molecule has 2 rings (SSSR count). The van der Waals surface area contributed by atoms with Crippen LogP contribution in [0.15, 0.2) is 42.5 Å². The van der Waals surface area contributed by atoms with Crippen LogP contribution in [0.5, 0.6) is 5.75 Å². The summed E-state index contributed by atoms with van der Waals surface area (Å²) in [5, 5.41) is 3.17. The van der Waals surface area contributed by atoms with Crippen LogP contribution in [0, 0.1) is 6.92 Å². The van der Waals surface area contributed by atoms with Gasteiger partial charge >= 0.3 is 5.97 Å². The van der Waals surface area contributed by atoms with Crippen LogP contribution >= 0.6 is 11.6 Å². The number of primary amides is 1. The molecule has 1 atom stereocenters. The van der Waals surface area contributed by atoms with Crippen molar-refractivity contribution in [2.24, 2.45) is 5.73 Å². The molecule has 0 aliphatic carbocycles. The molecule has 0 saturated heterocycles. The number of hydrogen-bond acceptors (Lipinski definition) is 5. The van der Waals surface area contributed by atoms with E-state index in [9.17, 15) is 14.4 Å². The second-order valence-corrected chi connectivity index (χ2v) is 6.21. The number of ether oxygens (including phenoxy) is 2. The smallest absolute Gasteiger partial charge is 0.338 e. The zero-order valence-corrected chi connectivity index (χ0v) is 15.6. The number of halogens is 1. The zero-order valence-electron chi connectivity index (χ0n) is 14.8. The number of benzene rings is 2. The molecule has 27 heavy (non-hydrogen) atoms. The van der Waals surface area contributed by atoms with Crippen molar-refractivity contribution in [3.63, 3.8) is 0 Å². The van der Waals surface area contributed by atoms with Gasteiger partial charge in [-0.15, -0.1) is 0 Å². The Balaban J connectivity index is 1.95. The second kappa shape index (κ2) is 9.05. The molecule has 0 bridgehead atoms. The highest BCUT2D eigenvalue weighted by Gasteiger charge is 2.19. The predicted octanol–water partition coefficient (Wildman–Crippen LogP) is 2.70. The first-order valence-electron chi connectivity index (χ1n) is 8.05. The Kier molecular flexibility index (Phi) is 6.79. The lowest BCUT2D eigenvalue weighted by Crippen LogP contribution is -2.30. The summed E-state index contributed by atoms with van der Waals surface area (Å²) in [7, 11) is 0. The van der Waals surface area contributed by atoms with E-state index in [4.69, 9.17) is 26.8 Å². The molecule has 3 N–H and O–H groups in total. The van der Waals surface area contributed by atoms with Crippen molar-refractivity contribution >= 4 is 35.1 Å². The van der Waals surface area contributed by atoms with Gasteiger partial charge in [-0.3, -0.25) is 9.59 Å². The highest BCUT2D eigenvalue weighted by Crippen LogP contribution is 2.20. The second-order valence-electron chi connectivity index (χ2n) is 5.78. The van der Waals surface area contributed by atoms with Gasteiger partial charge in [-0.1, -0.05) is 17.7 Å². The van der Waals surface area contributed by atoms with Gasteiger partial charge in [0.15, 0.2) is 12.7 Å². The van der Waals surface area contributed by atoms with Gasteiger partial charge in [0.05, 0.1) is 5.56 Å². The summed E-state index contributed by atoms with van der Waals surface area (Å²) >= 11 is 5.92. The highest BCUT2D eigenvalue weighted by atomic mass is 35.5. The van der Waals surface area contributed by atoms with Gasteiger partial charge in [0.1, 0.15) is 5.75 Å². The van der Waals surface area contributed by atoms with E-state index in [0.29, 0.717) is 16.5 Å². The Hall–Kier alpha value is -3.06. The van der Waals surface area contributed by atoms with Crippen LogP contribution in [0.25, 0.3) is 0 Å². The third-order valence-electron chi connectivity index (χ3n) is 3.58. The van der Waals surface area contributed by atoms with Crippen LogP contribution in [0.1, 0.15) is 22.8 Å². The predicted molar refractivity (Wildman–Crippen MR) is 101 cm³/mol. The molecule has 2 amide bonds. The van der Waals surface area contributed by atoms with Crippen LogP contribution in [-0.4, -0.2) is 30.5 Å². The minimum absolute atomic E-state index is 0.236. The topological polar surface area (TPSA) is 108 Å². The summed E-state index contributed by atoms with van der Waals surface area (Å²) < 4.78 is 10.3. The van der Waals surface area contributed by atoms with Crippen molar-refractivity contribution in [3.8, 4) is 5.75 Å². The van der Waals surface area contributed by atoms with Gasteiger partial charge in [0.25, 0.3) is 11.8 Å². The maximum atomic E-state index is 12.3. The van der Waals surface area contributed by atoms with E-state index in [2.05, 4.69) is 5.32 Å². The Morgan fingerprint density at radius 2 is 1.81 bits per heavy atom. The third kappa shape index (κ3) is 6.00. The lowest BCUT2D eigenvalue weighted by Gasteiger charge is -2.15. The Morgan fingerprint density at radius 1 is 1.15 bits per heavy atom. The summed E-state index contributed by atoms with van der Waals surface area (Å²) in [6.07, 6.45) is -1.01. The molecule has 0 aromatic heterocycles. The zero-order chi connectivity index (χ0) is 20.0. The number of esters is 1. The first-order valence-corrected chi connectivity index (χ1v) is 8.43. The summed E-state index contributed by atoms with van der Waals surface area (Å²) in [5.74, 6) is -1.36. The average molecular weight is 391 g/mol. The molecule has 7 nitrogen and oxygen atoms in total. The number of hydrogen-bond donors (Lipinski definition) is 2. The van der Waals surface area contributed by atoms with Crippen molar-refractivity contribution in [3.05, 3.63) is 58.6 Å². The van der Waals surface area contributed by atoms with Gasteiger partial charge in [0, 0.05) is 10.7 Å². The average Bonchev–Trinajstić information content (AvgIpc) is 2.63. The fourth-order valence-electron chi connectivity index (χ4n) is 2.09. The number of anilines is 1. The Bertz CT molecular complexity index is 852. The summed E-state index contributed by atoms with van der Waals surface area (Å²) in [6, 6.07) is 11.0. The monoisotopic (exact) mass is 390 g/mol. The molecular formula is C19H19ClN2O5. The van der Waals surface area contributed by atoms with Crippen LogP contribution in [0.3, 0.4) is 0 Å². The number of carbonyl (C=O) groups is 3. The fraction of sp³-hybridized carbons (Fsp3) is 0.211. The molecule has 0 unspecified atom stereocenters. The van der Waals surface area contributed by atoms with Gasteiger partial charge in [-0.25, -0.2) is 4.79 Å². The number of nitrogens with two attached hydrogens (primary N) is 1. The quantitative estimate of drug-likeness (QED) is 0.706. The van der Waals surface area contributed by atoms with Gasteiger partial charge in [-0.05, 0) is 55.8 Å². The minimum atomic E-state index is -1.01. The molecule has 0 saturated carbocycles.